The minimum absolute atomic E-state index is 0.0631. The Kier molecular flexibility index (Phi) is 4.94. The molecule has 1 amide bonds. The van der Waals surface area contributed by atoms with E-state index in [1.165, 1.54) is 0 Å². The lowest BCUT2D eigenvalue weighted by Gasteiger charge is -2.03. The molecule has 0 saturated heterocycles. The number of carbonyl (C=O) groups excluding carboxylic acids is 2. The van der Waals surface area contributed by atoms with E-state index in [4.69, 9.17) is 5.73 Å². The summed E-state index contributed by atoms with van der Waals surface area (Å²) < 4.78 is 0. The summed E-state index contributed by atoms with van der Waals surface area (Å²) >= 11 is 1.59. The van der Waals surface area contributed by atoms with E-state index in [2.05, 4.69) is 0 Å². The van der Waals surface area contributed by atoms with Crippen LogP contribution < -0.4 is 5.73 Å². The summed E-state index contributed by atoms with van der Waals surface area (Å²) in [5, 5.41) is 0. The maximum atomic E-state index is 11.0. The molecule has 0 fully saturated rings. The van der Waals surface area contributed by atoms with E-state index in [0.29, 0.717) is 6.42 Å². The smallest absolute Gasteiger partial charge is 0.227 e. The number of Topliss-reactive ketones (excluding diaryl/α,β-unsaturated/α-hetero) is 1. The Labute approximate surface area is 70.7 Å². The van der Waals surface area contributed by atoms with E-state index >= 15 is 0 Å². The molecular formula is C7H13NO2S. The van der Waals surface area contributed by atoms with Gasteiger partial charge in [0.1, 0.15) is 5.78 Å². The first-order valence-electron chi connectivity index (χ1n) is 3.40. The molecule has 1 unspecified atom stereocenters. The topological polar surface area (TPSA) is 60.2 Å². The first-order chi connectivity index (χ1) is 5.09. The normalized spacial score (nSPS) is 12.5. The lowest BCUT2D eigenvalue weighted by Crippen LogP contribution is -2.27. The molecule has 0 heterocycles. The van der Waals surface area contributed by atoms with Crippen LogP contribution >= 0.6 is 11.8 Å². The Morgan fingerprint density at radius 3 is 2.45 bits per heavy atom. The fourth-order valence-electron chi connectivity index (χ4n) is 0.578. The highest BCUT2D eigenvalue weighted by Gasteiger charge is 2.17. The second kappa shape index (κ2) is 5.18. The highest BCUT2D eigenvalue weighted by atomic mass is 32.2. The Morgan fingerprint density at radius 1 is 1.55 bits per heavy atom. The number of amides is 1. The molecule has 0 spiro atoms. The fourth-order valence-corrected chi connectivity index (χ4v) is 0.983. The molecule has 0 aromatic heterocycles. The van der Waals surface area contributed by atoms with Gasteiger partial charge < -0.3 is 5.73 Å². The summed E-state index contributed by atoms with van der Waals surface area (Å²) in [5.41, 5.74) is 4.94. The largest absolute Gasteiger partial charge is 0.369 e. The van der Waals surface area contributed by atoms with Crippen molar-refractivity contribution < 1.29 is 9.59 Å². The van der Waals surface area contributed by atoms with Crippen LogP contribution in [-0.4, -0.2) is 23.7 Å². The third-order valence-electron chi connectivity index (χ3n) is 1.46. The quantitative estimate of drug-likeness (QED) is 0.616. The third kappa shape index (κ3) is 4.03. The van der Waals surface area contributed by atoms with E-state index in [1.54, 1.807) is 18.7 Å². The van der Waals surface area contributed by atoms with Crippen molar-refractivity contribution in [1.29, 1.82) is 0 Å². The van der Waals surface area contributed by atoms with Crippen LogP contribution in [0, 0.1) is 5.92 Å². The van der Waals surface area contributed by atoms with Gasteiger partial charge in [-0.05, 0) is 18.9 Å². The summed E-state index contributed by atoms with van der Waals surface area (Å²) in [6, 6.07) is 0. The standard InChI is InChI=1S/C7H13NO2S/c1-5(7(8)10)6(9)3-4-11-2/h5H,3-4H2,1-2H3,(H2,8,10). The molecule has 0 aromatic carbocycles. The zero-order valence-electron chi connectivity index (χ0n) is 6.79. The van der Waals surface area contributed by atoms with Crippen LogP contribution in [0.2, 0.25) is 0 Å². The van der Waals surface area contributed by atoms with E-state index < -0.39 is 11.8 Å². The van der Waals surface area contributed by atoms with Gasteiger partial charge in [-0.15, -0.1) is 0 Å². The maximum absolute atomic E-state index is 11.0. The molecule has 4 heteroatoms. The Bertz CT molecular complexity index is 159. The number of hydrogen-bond donors (Lipinski definition) is 1. The molecule has 0 bridgehead atoms. The predicted octanol–water partition coefficient (Wildman–Crippen LogP) is 0.430. The summed E-state index contributed by atoms with van der Waals surface area (Å²) in [4.78, 5) is 21.5. The van der Waals surface area contributed by atoms with E-state index in [9.17, 15) is 9.59 Å². The van der Waals surface area contributed by atoms with Crippen molar-refractivity contribution in [1.82, 2.24) is 0 Å². The van der Waals surface area contributed by atoms with E-state index in [1.807, 2.05) is 6.26 Å². The van der Waals surface area contributed by atoms with Gasteiger partial charge in [-0.2, -0.15) is 11.8 Å². The number of ketones is 1. The number of nitrogens with two attached hydrogens (primary N) is 1. The van der Waals surface area contributed by atoms with Gasteiger partial charge in [0.25, 0.3) is 0 Å². The van der Waals surface area contributed by atoms with E-state index in [0.717, 1.165) is 5.75 Å². The van der Waals surface area contributed by atoms with Crippen molar-refractivity contribution in [2.75, 3.05) is 12.0 Å². The van der Waals surface area contributed by atoms with Gasteiger partial charge in [0.05, 0.1) is 5.92 Å². The maximum Gasteiger partial charge on any atom is 0.227 e. The van der Waals surface area contributed by atoms with Gasteiger partial charge >= 0.3 is 0 Å². The molecule has 0 rings (SSSR count). The van der Waals surface area contributed by atoms with Crippen LogP contribution in [0.4, 0.5) is 0 Å². The van der Waals surface area contributed by atoms with Gasteiger partial charge in [0, 0.05) is 6.42 Å². The van der Waals surface area contributed by atoms with Crippen molar-refractivity contribution in [3.8, 4) is 0 Å². The second-order valence-electron chi connectivity index (χ2n) is 2.33. The average Bonchev–Trinajstić information content (AvgIpc) is 1.98. The average molecular weight is 175 g/mol. The van der Waals surface area contributed by atoms with Crippen LogP contribution in [-0.2, 0) is 9.59 Å². The van der Waals surface area contributed by atoms with Crippen LogP contribution in [0.15, 0.2) is 0 Å². The summed E-state index contributed by atoms with van der Waals surface area (Å²) in [7, 11) is 0. The summed E-state index contributed by atoms with van der Waals surface area (Å²) in [6.07, 6.45) is 2.35. The lowest BCUT2D eigenvalue weighted by molar-refractivity contribution is -0.131. The van der Waals surface area contributed by atoms with Crippen molar-refractivity contribution >= 4 is 23.5 Å². The minimum Gasteiger partial charge on any atom is -0.369 e. The number of thioether (sulfide) groups is 1. The predicted molar refractivity (Wildman–Crippen MR) is 46.4 cm³/mol. The minimum atomic E-state index is -0.623. The SMILES string of the molecule is CSCCC(=O)C(C)C(N)=O. The van der Waals surface area contributed by atoms with Crippen LogP contribution in [0.1, 0.15) is 13.3 Å². The second-order valence-corrected chi connectivity index (χ2v) is 3.32. The molecule has 3 nitrogen and oxygen atoms in total. The van der Waals surface area contributed by atoms with Crippen LogP contribution in [0.5, 0.6) is 0 Å². The molecule has 0 radical (unpaired) electrons. The van der Waals surface area contributed by atoms with Crippen molar-refractivity contribution in [3.63, 3.8) is 0 Å². The van der Waals surface area contributed by atoms with Gasteiger partial charge in [0.15, 0.2) is 0 Å². The summed E-state index contributed by atoms with van der Waals surface area (Å²) in [6.45, 7) is 1.55. The molecule has 64 valence electrons. The molecule has 2 N–H and O–H groups in total. The van der Waals surface area contributed by atoms with Crippen LogP contribution in [0.3, 0.4) is 0 Å². The lowest BCUT2D eigenvalue weighted by atomic mass is 10.0. The van der Waals surface area contributed by atoms with Crippen LogP contribution in [0.25, 0.3) is 0 Å². The summed E-state index contributed by atoms with van der Waals surface area (Å²) in [5.74, 6) is -0.457. The molecular weight excluding hydrogens is 162 g/mol. The number of primary amides is 1. The third-order valence-corrected chi connectivity index (χ3v) is 2.07. The van der Waals surface area contributed by atoms with Gasteiger partial charge in [0.2, 0.25) is 5.91 Å². The molecule has 0 aromatic rings. The molecule has 0 aliphatic heterocycles. The number of rotatable bonds is 5. The fraction of sp³-hybridized carbons (Fsp3) is 0.714. The highest BCUT2D eigenvalue weighted by Crippen LogP contribution is 2.03. The van der Waals surface area contributed by atoms with Gasteiger partial charge in [-0.25, -0.2) is 0 Å². The zero-order valence-corrected chi connectivity index (χ0v) is 7.61. The highest BCUT2D eigenvalue weighted by molar-refractivity contribution is 7.98. The first kappa shape index (κ1) is 10.5. The number of carbonyl (C=O) groups is 2. The first-order valence-corrected chi connectivity index (χ1v) is 4.80. The number of hydrogen-bond acceptors (Lipinski definition) is 3. The molecule has 0 aliphatic rings. The Balaban J connectivity index is 3.74. The monoisotopic (exact) mass is 175 g/mol. The van der Waals surface area contributed by atoms with Gasteiger partial charge in [-0.3, -0.25) is 9.59 Å². The molecule has 1 atom stereocenters. The van der Waals surface area contributed by atoms with Crippen molar-refractivity contribution in [2.24, 2.45) is 11.7 Å². The van der Waals surface area contributed by atoms with Crippen molar-refractivity contribution in [2.45, 2.75) is 13.3 Å². The zero-order chi connectivity index (χ0) is 8.85. The van der Waals surface area contributed by atoms with Gasteiger partial charge in [-0.1, -0.05) is 0 Å². The van der Waals surface area contributed by atoms with E-state index in [-0.39, 0.29) is 5.78 Å². The Hall–Kier alpha value is -0.510. The molecule has 0 saturated carbocycles. The Morgan fingerprint density at radius 2 is 2.09 bits per heavy atom. The molecule has 11 heavy (non-hydrogen) atoms. The van der Waals surface area contributed by atoms with Crippen molar-refractivity contribution in [3.05, 3.63) is 0 Å². The molecule has 0 aliphatic carbocycles.